The molecule has 0 saturated carbocycles. The minimum absolute atomic E-state index is 0.0452. The highest BCUT2D eigenvalue weighted by Crippen LogP contribution is 2.37. The largest absolute Gasteiger partial charge is 0.465 e. The molecule has 0 atom stereocenters. The van der Waals surface area contributed by atoms with Crippen LogP contribution < -0.4 is 5.73 Å². The van der Waals surface area contributed by atoms with Crippen LogP contribution in [0.1, 0.15) is 31.8 Å². The van der Waals surface area contributed by atoms with Gasteiger partial charge in [-0.2, -0.15) is 23.0 Å². The predicted molar refractivity (Wildman–Crippen MR) is 129 cm³/mol. The topological polar surface area (TPSA) is 87.2 Å². The number of halogens is 5. The molecule has 0 unspecified atom stereocenters. The SMILES string of the molecule is COC(=O)c1ccc(-c2nn(C(=O)c3c(Cl)cccc3C(F)(F)F)c3cc(C#CCN)ccc23)c(F)c1. The molecular weight excluding hydrogens is 514 g/mol. The van der Waals surface area contributed by atoms with E-state index in [-0.39, 0.29) is 34.3 Å². The molecule has 2 N–H and O–H groups in total. The Morgan fingerprint density at radius 2 is 1.89 bits per heavy atom. The van der Waals surface area contributed by atoms with Crippen LogP contribution in [0.3, 0.4) is 0 Å². The molecule has 0 amide bonds. The quantitative estimate of drug-likeness (QED) is 0.221. The summed E-state index contributed by atoms with van der Waals surface area (Å²) in [6.07, 6.45) is -4.88. The Balaban J connectivity index is 1.99. The molecule has 188 valence electrons. The number of hydrogen-bond acceptors (Lipinski definition) is 5. The fourth-order valence-corrected chi connectivity index (χ4v) is 3.99. The van der Waals surface area contributed by atoms with Crippen molar-refractivity contribution in [2.24, 2.45) is 5.73 Å². The number of hydrogen-bond donors (Lipinski definition) is 1. The number of fused-ring (bicyclic) bond motifs is 1. The van der Waals surface area contributed by atoms with Gasteiger partial charge in [-0.25, -0.2) is 9.18 Å². The molecule has 0 saturated heterocycles. The number of esters is 1. The number of benzene rings is 3. The molecule has 0 bridgehead atoms. The first-order valence-corrected chi connectivity index (χ1v) is 10.9. The van der Waals surface area contributed by atoms with E-state index in [9.17, 15) is 22.8 Å². The van der Waals surface area contributed by atoms with E-state index in [0.29, 0.717) is 5.56 Å². The minimum atomic E-state index is -4.88. The van der Waals surface area contributed by atoms with Crippen molar-refractivity contribution in [2.45, 2.75) is 6.18 Å². The zero-order valence-electron chi connectivity index (χ0n) is 19.0. The summed E-state index contributed by atoms with van der Waals surface area (Å²) in [7, 11) is 1.14. The van der Waals surface area contributed by atoms with Gasteiger partial charge < -0.3 is 10.5 Å². The van der Waals surface area contributed by atoms with Crippen molar-refractivity contribution in [3.05, 3.63) is 87.7 Å². The normalized spacial score (nSPS) is 11.2. The van der Waals surface area contributed by atoms with E-state index in [1.54, 1.807) is 6.07 Å². The average molecular weight is 530 g/mol. The van der Waals surface area contributed by atoms with Gasteiger partial charge >= 0.3 is 12.1 Å². The standard InChI is InChI=1S/C26H16ClF4N3O3/c1-37-25(36)15-8-10-16(20(28)13-15)23-17-9-7-14(4-3-11-32)12-21(17)34(33-23)24(35)22-18(26(29,30)31)5-2-6-19(22)27/h2,5-10,12-13H,11,32H2,1H3. The van der Waals surface area contributed by atoms with Crippen molar-refractivity contribution >= 4 is 34.4 Å². The van der Waals surface area contributed by atoms with Crippen molar-refractivity contribution < 1.29 is 31.9 Å². The van der Waals surface area contributed by atoms with Gasteiger partial charge in [0.2, 0.25) is 0 Å². The molecule has 1 aromatic heterocycles. The van der Waals surface area contributed by atoms with Crippen LogP contribution >= 0.6 is 11.6 Å². The molecule has 0 aliphatic heterocycles. The number of nitrogens with zero attached hydrogens (tertiary/aromatic N) is 2. The molecule has 37 heavy (non-hydrogen) atoms. The Kier molecular flexibility index (Phi) is 7.03. The Bertz CT molecular complexity index is 1620. The third-order valence-electron chi connectivity index (χ3n) is 5.39. The first-order valence-electron chi connectivity index (χ1n) is 10.6. The fourth-order valence-electron chi connectivity index (χ4n) is 3.74. The summed E-state index contributed by atoms with van der Waals surface area (Å²) in [5.74, 6) is 2.62. The molecule has 4 aromatic rings. The lowest BCUT2D eigenvalue weighted by Crippen LogP contribution is -2.20. The van der Waals surface area contributed by atoms with Crippen LogP contribution in [-0.4, -0.2) is 35.3 Å². The van der Waals surface area contributed by atoms with E-state index in [1.165, 1.54) is 24.3 Å². The molecule has 0 spiro atoms. The highest BCUT2D eigenvalue weighted by molar-refractivity contribution is 6.34. The number of carbonyl (C=O) groups excluding carboxylic acids is 2. The van der Waals surface area contributed by atoms with E-state index in [0.717, 1.165) is 36.1 Å². The van der Waals surface area contributed by atoms with Crippen LogP contribution in [0.15, 0.2) is 54.6 Å². The van der Waals surface area contributed by atoms with Gasteiger partial charge in [0.25, 0.3) is 5.91 Å². The van der Waals surface area contributed by atoms with Crippen molar-refractivity contribution in [1.29, 1.82) is 0 Å². The molecular formula is C26H16ClF4N3O3. The van der Waals surface area contributed by atoms with E-state index in [4.69, 9.17) is 17.3 Å². The highest BCUT2D eigenvalue weighted by Gasteiger charge is 2.37. The lowest BCUT2D eigenvalue weighted by molar-refractivity contribution is -0.137. The second-order valence-corrected chi connectivity index (χ2v) is 8.06. The van der Waals surface area contributed by atoms with Gasteiger partial charge in [-0.3, -0.25) is 4.79 Å². The Morgan fingerprint density at radius 1 is 1.14 bits per heavy atom. The summed E-state index contributed by atoms with van der Waals surface area (Å²) >= 11 is 6.04. The maximum atomic E-state index is 15.1. The van der Waals surface area contributed by atoms with E-state index in [2.05, 4.69) is 21.7 Å². The van der Waals surface area contributed by atoms with Crippen molar-refractivity contribution in [1.82, 2.24) is 9.78 Å². The Morgan fingerprint density at radius 3 is 2.54 bits per heavy atom. The van der Waals surface area contributed by atoms with Gasteiger partial charge in [-0.1, -0.05) is 29.5 Å². The smallest absolute Gasteiger partial charge is 0.417 e. The predicted octanol–water partition coefficient (Wildman–Crippen LogP) is 5.30. The minimum Gasteiger partial charge on any atom is -0.465 e. The molecule has 11 heteroatoms. The Labute approximate surface area is 212 Å². The Hall–Kier alpha value is -4.20. The third-order valence-corrected chi connectivity index (χ3v) is 5.70. The molecule has 6 nitrogen and oxygen atoms in total. The van der Waals surface area contributed by atoms with Gasteiger partial charge in [0, 0.05) is 16.5 Å². The zero-order chi connectivity index (χ0) is 26.9. The summed E-state index contributed by atoms with van der Waals surface area (Å²) in [6.45, 7) is 0.0494. The van der Waals surface area contributed by atoms with Crippen molar-refractivity contribution in [3.63, 3.8) is 0 Å². The number of methoxy groups -OCH3 is 1. The van der Waals surface area contributed by atoms with Gasteiger partial charge in [0.1, 0.15) is 11.5 Å². The number of aromatic nitrogens is 2. The highest BCUT2D eigenvalue weighted by atomic mass is 35.5. The summed E-state index contributed by atoms with van der Waals surface area (Å²) < 4.78 is 61.5. The lowest BCUT2D eigenvalue weighted by atomic mass is 10.0. The van der Waals surface area contributed by atoms with Crippen LogP contribution in [0.25, 0.3) is 22.2 Å². The van der Waals surface area contributed by atoms with Crippen LogP contribution in [0.4, 0.5) is 17.6 Å². The van der Waals surface area contributed by atoms with Crippen LogP contribution in [0.2, 0.25) is 5.02 Å². The first-order chi connectivity index (χ1) is 17.6. The van der Waals surface area contributed by atoms with Crippen LogP contribution in [0.5, 0.6) is 0 Å². The number of alkyl halides is 3. The van der Waals surface area contributed by atoms with E-state index >= 15 is 4.39 Å². The molecule has 0 aliphatic rings. The van der Waals surface area contributed by atoms with E-state index < -0.39 is 40.0 Å². The van der Waals surface area contributed by atoms with Crippen LogP contribution in [0, 0.1) is 17.7 Å². The van der Waals surface area contributed by atoms with Crippen molar-refractivity contribution in [3.8, 4) is 23.1 Å². The molecule has 0 fully saturated rings. The fraction of sp³-hybridized carbons (Fsp3) is 0.115. The summed E-state index contributed by atoms with van der Waals surface area (Å²) in [5, 5.41) is 4.00. The summed E-state index contributed by atoms with van der Waals surface area (Å²) in [4.78, 5) is 25.3. The van der Waals surface area contributed by atoms with Gasteiger partial charge in [0.15, 0.2) is 0 Å². The molecule has 0 aliphatic carbocycles. The van der Waals surface area contributed by atoms with Gasteiger partial charge in [-0.05, 0) is 48.5 Å². The monoisotopic (exact) mass is 529 g/mol. The maximum Gasteiger partial charge on any atom is 0.417 e. The van der Waals surface area contributed by atoms with Gasteiger partial charge in [0.05, 0.1) is 40.9 Å². The number of nitrogens with two attached hydrogens (primary N) is 1. The molecule has 4 rings (SSSR count). The summed E-state index contributed by atoms with van der Waals surface area (Å²) in [5.41, 5.74) is 3.61. The number of carbonyl (C=O) groups is 2. The molecule has 3 aromatic carbocycles. The second-order valence-electron chi connectivity index (χ2n) is 7.65. The third kappa shape index (κ3) is 4.91. The second kappa shape index (κ2) is 10.0. The maximum absolute atomic E-state index is 15.1. The number of rotatable bonds is 3. The summed E-state index contributed by atoms with van der Waals surface area (Å²) in [6, 6.07) is 11.0. The molecule has 0 radical (unpaired) electrons. The lowest BCUT2D eigenvalue weighted by Gasteiger charge is -2.13. The average Bonchev–Trinajstić information content (AvgIpc) is 3.24. The van der Waals surface area contributed by atoms with E-state index in [1.807, 2.05) is 0 Å². The zero-order valence-corrected chi connectivity index (χ0v) is 19.7. The van der Waals surface area contributed by atoms with Gasteiger partial charge in [-0.15, -0.1) is 0 Å². The van der Waals surface area contributed by atoms with Crippen LogP contribution in [-0.2, 0) is 10.9 Å². The molecule has 1 heterocycles. The number of ether oxygens (including phenoxy) is 1. The first kappa shape index (κ1) is 25.9. The van der Waals surface area contributed by atoms with Crippen molar-refractivity contribution in [2.75, 3.05) is 13.7 Å².